The molecule has 1 heterocycles. The standard InChI is InChI=1S/C16H13F4NO3/c1-2-24-15(23)10-7-21(8-3-4-8)13-9(14(10)22)5-6-11(17)12(13)16(18,19)20/h5-8H,2-4H2,1H3. The first-order valence-electron chi connectivity index (χ1n) is 7.37. The van der Waals surface area contributed by atoms with Crippen molar-refractivity contribution in [2.75, 3.05) is 6.61 Å². The number of benzene rings is 1. The molecule has 24 heavy (non-hydrogen) atoms. The number of rotatable bonds is 3. The van der Waals surface area contributed by atoms with Gasteiger partial charge >= 0.3 is 12.1 Å². The molecule has 0 radical (unpaired) electrons. The number of carbonyl (C=O) groups is 1. The molecular formula is C16H13F4NO3. The average Bonchev–Trinajstić information content (AvgIpc) is 3.30. The Morgan fingerprint density at radius 3 is 2.54 bits per heavy atom. The minimum Gasteiger partial charge on any atom is -0.462 e. The second-order valence-corrected chi connectivity index (χ2v) is 5.55. The summed E-state index contributed by atoms with van der Waals surface area (Å²) in [4.78, 5) is 24.3. The largest absolute Gasteiger partial charge is 0.462 e. The van der Waals surface area contributed by atoms with E-state index >= 15 is 0 Å². The number of hydrogen-bond donors (Lipinski definition) is 0. The summed E-state index contributed by atoms with van der Waals surface area (Å²) in [6.07, 6.45) is -2.73. The third kappa shape index (κ3) is 2.65. The number of fused-ring (bicyclic) bond motifs is 1. The van der Waals surface area contributed by atoms with Gasteiger partial charge in [0.2, 0.25) is 5.43 Å². The van der Waals surface area contributed by atoms with Gasteiger partial charge in [0.05, 0.1) is 12.1 Å². The van der Waals surface area contributed by atoms with Crippen LogP contribution in [-0.2, 0) is 10.9 Å². The van der Waals surface area contributed by atoms with Gasteiger partial charge in [-0.3, -0.25) is 4.79 Å². The Bertz CT molecular complexity index is 881. The van der Waals surface area contributed by atoms with Gasteiger partial charge in [-0.2, -0.15) is 13.2 Å². The highest BCUT2D eigenvalue weighted by Crippen LogP contribution is 2.42. The zero-order valence-corrected chi connectivity index (χ0v) is 12.6. The number of carbonyl (C=O) groups excluding carboxylic acids is 1. The van der Waals surface area contributed by atoms with Gasteiger partial charge in [0, 0.05) is 17.6 Å². The van der Waals surface area contributed by atoms with Crippen molar-refractivity contribution in [1.82, 2.24) is 4.57 Å². The first-order valence-corrected chi connectivity index (χ1v) is 7.37. The maximum Gasteiger partial charge on any atom is 0.421 e. The van der Waals surface area contributed by atoms with Crippen LogP contribution < -0.4 is 5.43 Å². The highest BCUT2D eigenvalue weighted by molar-refractivity contribution is 5.94. The Labute approximate surface area is 133 Å². The number of nitrogens with zero attached hydrogens (tertiary/aromatic N) is 1. The number of pyridine rings is 1. The highest BCUT2D eigenvalue weighted by Gasteiger charge is 2.39. The lowest BCUT2D eigenvalue weighted by Crippen LogP contribution is -2.23. The molecule has 0 saturated heterocycles. The minimum absolute atomic E-state index is 0.0248. The number of ether oxygens (including phenoxy) is 1. The van der Waals surface area contributed by atoms with Crippen molar-refractivity contribution < 1.29 is 27.1 Å². The second-order valence-electron chi connectivity index (χ2n) is 5.55. The fourth-order valence-electron chi connectivity index (χ4n) is 2.69. The molecule has 0 unspecified atom stereocenters. The van der Waals surface area contributed by atoms with Gasteiger partial charge in [-0.15, -0.1) is 0 Å². The summed E-state index contributed by atoms with van der Waals surface area (Å²) in [5.41, 5.74) is -3.26. The van der Waals surface area contributed by atoms with Crippen LogP contribution >= 0.6 is 0 Å². The Kier molecular flexibility index (Phi) is 3.85. The third-order valence-electron chi connectivity index (χ3n) is 3.86. The van der Waals surface area contributed by atoms with Crippen LogP contribution in [0.2, 0.25) is 0 Å². The molecular weight excluding hydrogens is 330 g/mol. The zero-order chi connectivity index (χ0) is 17.6. The molecule has 1 fully saturated rings. The van der Waals surface area contributed by atoms with Gasteiger partial charge in [0.1, 0.15) is 16.9 Å². The van der Waals surface area contributed by atoms with Crippen molar-refractivity contribution in [2.45, 2.75) is 32.0 Å². The van der Waals surface area contributed by atoms with E-state index in [-0.39, 0.29) is 23.6 Å². The molecule has 0 N–H and O–H groups in total. The first kappa shape index (κ1) is 16.5. The van der Waals surface area contributed by atoms with E-state index in [2.05, 4.69) is 0 Å². The van der Waals surface area contributed by atoms with Crippen LogP contribution in [0.15, 0.2) is 23.1 Å². The molecule has 8 heteroatoms. The monoisotopic (exact) mass is 343 g/mol. The van der Waals surface area contributed by atoms with Crippen LogP contribution in [-0.4, -0.2) is 17.1 Å². The van der Waals surface area contributed by atoms with Crippen LogP contribution in [0, 0.1) is 5.82 Å². The summed E-state index contributed by atoms with van der Waals surface area (Å²) < 4.78 is 59.7. The summed E-state index contributed by atoms with van der Waals surface area (Å²) in [6, 6.07) is 1.27. The fraction of sp³-hybridized carbons (Fsp3) is 0.375. The van der Waals surface area contributed by atoms with Crippen molar-refractivity contribution in [3.63, 3.8) is 0 Å². The predicted molar refractivity (Wildman–Crippen MR) is 77.4 cm³/mol. The summed E-state index contributed by atoms with van der Waals surface area (Å²) in [6.45, 7) is 1.58. The van der Waals surface area contributed by atoms with Gasteiger partial charge in [-0.25, -0.2) is 9.18 Å². The molecule has 1 aliphatic rings. The molecule has 0 bridgehead atoms. The van der Waals surface area contributed by atoms with E-state index in [4.69, 9.17) is 4.74 Å². The number of esters is 1. The summed E-state index contributed by atoms with van der Waals surface area (Å²) in [5.74, 6) is -2.36. The summed E-state index contributed by atoms with van der Waals surface area (Å²) in [5, 5.41) is -0.346. The first-order chi connectivity index (χ1) is 11.3. The molecule has 2 aromatic rings. The smallest absolute Gasteiger partial charge is 0.421 e. The lowest BCUT2D eigenvalue weighted by molar-refractivity contribution is -0.138. The fourth-order valence-corrected chi connectivity index (χ4v) is 2.69. The van der Waals surface area contributed by atoms with Crippen molar-refractivity contribution in [1.29, 1.82) is 0 Å². The van der Waals surface area contributed by atoms with Crippen molar-refractivity contribution in [3.05, 3.63) is 45.5 Å². The number of halogens is 4. The van der Waals surface area contributed by atoms with E-state index in [0.29, 0.717) is 18.9 Å². The number of aromatic nitrogens is 1. The lowest BCUT2D eigenvalue weighted by Gasteiger charge is -2.17. The molecule has 1 aromatic heterocycles. The maximum absolute atomic E-state index is 13.9. The van der Waals surface area contributed by atoms with Crippen molar-refractivity contribution >= 4 is 16.9 Å². The summed E-state index contributed by atoms with van der Waals surface area (Å²) >= 11 is 0. The highest BCUT2D eigenvalue weighted by atomic mass is 19.4. The molecule has 1 aromatic carbocycles. The Morgan fingerprint density at radius 2 is 2.00 bits per heavy atom. The van der Waals surface area contributed by atoms with E-state index in [1.54, 1.807) is 6.92 Å². The van der Waals surface area contributed by atoms with E-state index in [1.165, 1.54) is 4.57 Å². The van der Waals surface area contributed by atoms with Crippen LogP contribution in [0.3, 0.4) is 0 Å². The van der Waals surface area contributed by atoms with E-state index in [0.717, 1.165) is 12.3 Å². The normalized spacial score (nSPS) is 14.9. The van der Waals surface area contributed by atoms with E-state index in [9.17, 15) is 27.2 Å². The maximum atomic E-state index is 13.9. The molecule has 1 saturated carbocycles. The Balaban J connectivity index is 2.41. The van der Waals surface area contributed by atoms with E-state index < -0.39 is 34.5 Å². The van der Waals surface area contributed by atoms with E-state index in [1.807, 2.05) is 0 Å². The average molecular weight is 343 g/mol. The number of alkyl halides is 3. The Morgan fingerprint density at radius 1 is 1.33 bits per heavy atom. The van der Waals surface area contributed by atoms with Gasteiger partial charge in [0.25, 0.3) is 0 Å². The van der Waals surface area contributed by atoms with Gasteiger partial charge in [-0.05, 0) is 31.9 Å². The zero-order valence-electron chi connectivity index (χ0n) is 12.6. The molecule has 0 amide bonds. The van der Waals surface area contributed by atoms with Crippen LogP contribution in [0.4, 0.5) is 17.6 Å². The Hall–Kier alpha value is -2.38. The third-order valence-corrected chi connectivity index (χ3v) is 3.86. The van der Waals surface area contributed by atoms with Crippen molar-refractivity contribution in [3.8, 4) is 0 Å². The van der Waals surface area contributed by atoms with Crippen LogP contribution in [0.5, 0.6) is 0 Å². The van der Waals surface area contributed by atoms with Gasteiger partial charge in [-0.1, -0.05) is 0 Å². The van der Waals surface area contributed by atoms with Gasteiger partial charge in [0.15, 0.2) is 0 Å². The van der Waals surface area contributed by atoms with Gasteiger partial charge < -0.3 is 9.30 Å². The van der Waals surface area contributed by atoms with Crippen LogP contribution in [0.1, 0.15) is 41.7 Å². The molecule has 0 atom stereocenters. The molecule has 1 aliphatic carbocycles. The quantitative estimate of drug-likeness (QED) is 0.631. The second kappa shape index (κ2) is 5.61. The summed E-state index contributed by atoms with van der Waals surface area (Å²) in [7, 11) is 0. The topological polar surface area (TPSA) is 48.3 Å². The molecule has 4 nitrogen and oxygen atoms in total. The minimum atomic E-state index is -4.96. The predicted octanol–water partition coefficient (Wildman–Crippen LogP) is 3.67. The molecule has 128 valence electrons. The molecule has 0 aliphatic heterocycles. The molecule has 0 spiro atoms. The molecule has 3 rings (SSSR count). The van der Waals surface area contributed by atoms with Crippen LogP contribution in [0.25, 0.3) is 10.9 Å². The lowest BCUT2D eigenvalue weighted by atomic mass is 10.1. The van der Waals surface area contributed by atoms with Crippen molar-refractivity contribution in [2.24, 2.45) is 0 Å². The SMILES string of the molecule is CCOC(=O)c1cn(C2CC2)c2c(C(F)(F)F)c(F)ccc2c1=O. The number of hydrogen-bond acceptors (Lipinski definition) is 3.